The standard InChI is InChI=1S/C14H17ClN4O6/c1-2-24-14(23)18-8-3-6(15)9-12(17-8)19(5-16-9)13-11(22)10(21)7(4-20)25-13/h3,5,7,10-11,13,20-22H,2,4H2,1H3,(H,17,18,23). The van der Waals surface area contributed by atoms with E-state index in [0.717, 1.165) is 0 Å². The molecular formula is C14H17ClN4O6. The molecule has 0 bridgehead atoms. The van der Waals surface area contributed by atoms with Gasteiger partial charge < -0.3 is 24.8 Å². The fourth-order valence-corrected chi connectivity index (χ4v) is 2.84. The number of fused-ring (bicyclic) bond motifs is 1. The molecule has 3 rings (SSSR count). The van der Waals surface area contributed by atoms with Crippen LogP contribution in [0.25, 0.3) is 11.2 Å². The fraction of sp³-hybridized carbons (Fsp3) is 0.500. The maximum absolute atomic E-state index is 11.6. The van der Waals surface area contributed by atoms with Gasteiger partial charge >= 0.3 is 6.09 Å². The van der Waals surface area contributed by atoms with Crippen molar-refractivity contribution < 1.29 is 29.6 Å². The predicted octanol–water partition coefficient (Wildman–Crippen LogP) is 0.265. The molecule has 0 aromatic carbocycles. The van der Waals surface area contributed by atoms with Gasteiger partial charge in [0.25, 0.3) is 0 Å². The van der Waals surface area contributed by atoms with Crippen LogP contribution in [0.15, 0.2) is 12.4 Å². The molecule has 1 saturated heterocycles. The van der Waals surface area contributed by atoms with Crippen molar-refractivity contribution in [2.45, 2.75) is 31.5 Å². The lowest BCUT2D eigenvalue weighted by Crippen LogP contribution is -2.33. The van der Waals surface area contributed by atoms with Crippen LogP contribution in [0, 0.1) is 0 Å². The molecule has 4 unspecified atom stereocenters. The lowest BCUT2D eigenvalue weighted by Gasteiger charge is -2.16. The Bertz CT molecular complexity index is 784. The number of aliphatic hydroxyl groups is 3. The summed E-state index contributed by atoms with van der Waals surface area (Å²) in [6, 6.07) is 1.41. The number of halogens is 1. The number of rotatable bonds is 4. The van der Waals surface area contributed by atoms with Crippen molar-refractivity contribution in [2.24, 2.45) is 0 Å². The zero-order valence-electron chi connectivity index (χ0n) is 13.2. The molecule has 1 aliphatic heterocycles. The van der Waals surface area contributed by atoms with E-state index in [1.54, 1.807) is 6.92 Å². The van der Waals surface area contributed by atoms with Crippen molar-refractivity contribution in [3.63, 3.8) is 0 Å². The van der Waals surface area contributed by atoms with Gasteiger partial charge in [0.05, 0.1) is 24.6 Å². The van der Waals surface area contributed by atoms with Crippen LogP contribution in [-0.4, -0.2) is 67.5 Å². The van der Waals surface area contributed by atoms with E-state index in [9.17, 15) is 20.1 Å². The van der Waals surface area contributed by atoms with Crippen LogP contribution in [0.4, 0.5) is 10.6 Å². The maximum Gasteiger partial charge on any atom is 0.412 e. The molecule has 0 spiro atoms. The Morgan fingerprint density at radius 2 is 2.24 bits per heavy atom. The summed E-state index contributed by atoms with van der Waals surface area (Å²) in [6.07, 6.45) is -3.85. The minimum atomic E-state index is -1.29. The van der Waals surface area contributed by atoms with E-state index >= 15 is 0 Å². The molecule has 3 heterocycles. The molecule has 0 saturated carbocycles. The number of aromatic nitrogens is 3. The third-order valence-corrected chi connectivity index (χ3v) is 4.07. The smallest absolute Gasteiger partial charge is 0.412 e. The van der Waals surface area contributed by atoms with Gasteiger partial charge in [0.15, 0.2) is 11.9 Å². The number of pyridine rings is 1. The normalized spacial score (nSPS) is 26.1. The van der Waals surface area contributed by atoms with Gasteiger partial charge in [-0.1, -0.05) is 11.6 Å². The summed E-state index contributed by atoms with van der Waals surface area (Å²) in [5.41, 5.74) is 0.558. The first-order valence-electron chi connectivity index (χ1n) is 7.55. The highest BCUT2D eigenvalue weighted by Gasteiger charge is 2.44. The number of aliphatic hydroxyl groups excluding tert-OH is 3. The third-order valence-electron chi connectivity index (χ3n) is 3.78. The van der Waals surface area contributed by atoms with Gasteiger partial charge in [0.1, 0.15) is 29.6 Å². The summed E-state index contributed by atoms with van der Waals surface area (Å²) in [7, 11) is 0. The number of hydrogen-bond acceptors (Lipinski definition) is 8. The van der Waals surface area contributed by atoms with E-state index in [2.05, 4.69) is 15.3 Å². The molecule has 4 N–H and O–H groups in total. The minimum Gasteiger partial charge on any atom is -0.450 e. The van der Waals surface area contributed by atoms with Crippen LogP contribution in [-0.2, 0) is 9.47 Å². The molecule has 136 valence electrons. The summed E-state index contributed by atoms with van der Waals surface area (Å²) < 4.78 is 11.6. The highest BCUT2D eigenvalue weighted by molar-refractivity contribution is 6.35. The summed E-state index contributed by atoms with van der Waals surface area (Å²) in [4.78, 5) is 19.9. The molecule has 10 nitrogen and oxygen atoms in total. The zero-order chi connectivity index (χ0) is 18.1. The first kappa shape index (κ1) is 17.8. The molecule has 0 aliphatic carbocycles. The molecule has 2 aromatic heterocycles. The minimum absolute atomic E-state index is 0.129. The Balaban J connectivity index is 1.97. The number of carbonyl (C=O) groups is 1. The second-order valence-corrected chi connectivity index (χ2v) is 5.79. The highest BCUT2D eigenvalue weighted by atomic mass is 35.5. The SMILES string of the molecule is CCOC(=O)Nc1cc(Cl)c2ncn(C3OC(CO)C(O)C3O)c2n1. The number of hydrogen-bond donors (Lipinski definition) is 4. The number of imidazole rings is 1. The summed E-state index contributed by atoms with van der Waals surface area (Å²) in [5, 5.41) is 31.9. The van der Waals surface area contributed by atoms with Gasteiger partial charge in [-0.15, -0.1) is 0 Å². The lowest BCUT2D eigenvalue weighted by molar-refractivity contribution is -0.0511. The molecule has 1 amide bonds. The average molecular weight is 373 g/mol. The van der Waals surface area contributed by atoms with Gasteiger partial charge in [-0.2, -0.15) is 0 Å². The molecular weight excluding hydrogens is 356 g/mol. The maximum atomic E-state index is 11.6. The van der Waals surface area contributed by atoms with Crippen LogP contribution in [0.2, 0.25) is 5.02 Å². The van der Waals surface area contributed by atoms with Gasteiger partial charge in [-0.05, 0) is 6.92 Å². The van der Waals surface area contributed by atoms with E-state index in [-0.39, 0.29) is 23.1 Å². The number of amides is 1. The Morgan fingerprint density at radius 1 is 1.48 bits per heavy atom. The van der Waals surface area contributed by atoms with E-state index in [0.29, 0.717) is 5.52 Å². The van der Waals surface area contributed by atoms with E-state index < -0.39 is 37.2 Å². The Morgan fingerprint density at radius 3 is 2.88 bits per heavy atom. The number of anilines is 1. The number of nitrogens with zero attached hydrogens (tertiary/aromatic N) is 3. The van der Waals surface area contributed by atoms with E-state index in [1.807, 2.05) is 0 Å². The quantitative estimate of drug-likeness (QED) is 0.599. The van der Waals surface area contributed by atoms with Crippen molar-refractivity contribution >= 4 is 34.7 Å². The monoisotopic (exact) mass is 372 g/mol. The highest BCUT2D eigenvalue weighted by Crippen LogP contribution is 2.33. The van der Waals surface area contributed by atoms with Crippen molar-refractivity contribution in [1.82, 2.24) is 14.5 Å². The number of ether oxygens (including phenoxy) is 2. The molecule has 0 radical (unpaired) electrons. The molecule has 2 aromatic rings. The van der Waals surface area contributed by atoms with Gasteiger partial charge in [0, 0.05) is 6.07 Å². The number of carbonyl (C=O) groups excluding carboxylic acids is 1. The zero-order valence-corrected chi connectivity index (χ0v) is 13.9. The first-order chi connectivity index (χ1) is 12.0. The molecule has 25 heavy (non-hydrogen) atoms. The Hall–Kier alpha value is -1.98. The largest absolute Gasteiger partial charge is 0.450 e. The van der Waals surface area contributed by atoms with Crippen molar-refractivity contribution in [2.75, 3.05) is 18.5 Å². The summed E-state index contributed by atoms with van der Waals surface area (Å²) in [5.74, 6) is 0.129. The average Bonchev–Trinajstić information content (AvgIpc) is 3.10. The van der Waals surface area contributed by atoms with Crippen molar-refractivity contribution in [3.05, 3.63) is 17.4 Å². The third kappa shape index (κ3) is 3.26. The van der Waals surface area contributed by atoms with Crippen LogP contribution in [0.3, 0.4) is 0 Å². The molecule has 4 atom stereocenters. The van der Waals surface area contributed by atoms with Crippen molar-refractivity contribution in [3.8, 4) is 0 Å². The number of nitrogens with one attached hydrogen (secondary N) is 1. The summed E-state index contributed by atoms with van der Waals surface area (Å²) >= 11 is 6.16. The van der Waals surface area contributed by atoms with Crippen LogP contribution in [0.1, 0.15) is 13.2 Å². The molecule has 1 aliphatic rings. The van der Waals surface area contributed by atoms with Gasteiger partial charge in [0.2, 0.25) is 0 Å². The van der Waals surface area contributed by atoms with E-state index in [4.69, 9.17) is 21.1 Å². The van der Waals surface area contributed by atoms with Crippen LogP contribution < -0.4 is 5.32 Å². The fourth-order valence-electron chi connectivity index (χ4n) is 2.60. The Kier molecular flexibility index (Phi) is 5.06. The lowest BCUT2D eigenvalue weighted by atomic mass is 10.1. The molecule has 1 fully saturated rings. The van der Waals surface area contributed by atoms with Crippen LogP contribution >= 0.6 is 11.6 Å². The van der Waals surface area contributed by atoms with Crippen LogP contribution in [0.5, 0.6) is 0 Å². The van der Waals surface area contributed by atoms with Crippen molar-refractivity contribution in [1.29, 1.82) is 0 Å². The topological polar surface area (TPSA) is 139 Å². The van der Waals surface area contributed by atoms with E-state index in [1.165, 1.54) is 17.0 Å². The van der Waals surface area contributed by atoms with Gasteiger partial charge in [-0.25, -0.2) is 14.8 Å². The predicted molar refractivity (Wildman–Crippen MR) is 86.2 cm³/mol. The second-order valence-electron chi connectivity index (χ2n) is 5.39. The second kappa shape index (κ2) is 7.10. The Labute approximate surface area is 147 Å². The first-order valence-corrected chi connectivity index (χ1v) is 7.93. The van der Waals surface area contributed by atoms with Gasteiger partial charge in [-0.3, -0.25) is 9.88 Å². The molecule has 11 heteroatoms. The summed E-state index contributed by atoms with van der Waals surface area (Å²) in [6.45, 7) is 1.41.